The number of aromatic amines is 1. The van der Waals surface area contributed by atoms with Gasteiger partial charge < -0.3 is 9.88 Å². The molecule has 0 radical (unpaired) electrons. The van der Waals surface area contributed by atoms with E-state index in [1.54, 1.807) is 0 Å². The van der Waals surface area contributed by atoms with Crippen molar-refractivity contribution in [3.8, 4) is 0 Å². The molecule has 5 rings (SSSR count). The Hall–Kier alpha value is -3.48. The standard InChI is InChI=1S/C26H30N6O/c1-16-13-17(2)19-15-20(25(33)27-21(19)14-16)23(24-28-29-30-32(24)26(3,4)5)31-12-8-10-18-9-6-7-11-22(18)31/h6-7,9,11,13-15,23H,8,10,12H2,1-5H3,(H,27,33). The van der Waals surface area contributed by atoms with Crippen LogP contribution in [0, 0.1) is 13.8 Å². The van der Waals surface area contributed by atoms with Crippen LogP contribution in [-0.2, 0) is 12.0 Å². The zero-order chi connectivity index (χ0) is 23.3. The van der Waals surface area contributed by atoms with Crippen LogP contribution in [0.2, 0.25) is 0 Å². The van der Waals surface area contributed by atoms with Crippen LogP contribution < -0.4 is 10.5 Å². The normalized spacial score (nSPS) is 15.0. The van der Waals surface area contributed by atoms with Gasteiger partial charge in [0.2, 0.25) is 0 Å². The lowest BCUT2D eigenvalue weighted by Gasteiger charge is -2.38. The highest BCUT2D eigenvalue weighted by molar-refractivity contribution is 5.83. The first kappa shape index (κ1) is 21.4. The molecule has 4 aromatic rings. The average Bonchev–Trinajstić information content (AvgIpc) is 3.25. The number of nitrogens with one attached hydrogen (secondary N) is 1. The van der Waals surface area contributed by atoms with Gasteiger partial charge in [-0.05, 0) is 92.8 Å². The molecule has 1 atom stereocenters. The second-order valence-corrected chi connectivity index (χ2v) is 10.0. The number of para-hydroxylation sites is 1. The van der Waals surface area contributed by atoms with Crippen LogP contribution in [0.1, 0.15) is 61.3 Å². The largest absolute Gasteiger partial charge is 0.357 e. The number of fused-ring (bicyclic) bond motifs is 2. The Morgan fingerprint density at radius 3 is 2.67 bits per heavy atom. The summed E-state index contributed by atoms with van der Waals surface area (Å²) in [5.74, 6) is 0.675. The molecule has 1 aliphatic rings. The molecule has 0 aliphatic carbocycles. The van der Waals surface area contributed by atoms with E-state index in [2.05, 4.69) is 83.4 Å². The lowest BCUT2D eigenvalue weighted by molar-refractivity contribution is 0.329. The number of nitrogens with zero attached hydrogens (tertiary/aromatic N) is 5. The van der Waals surface area contributed by atoms with Gasteiger partial charge in [0.25, 0.3) is 5.56 Å². The SMILES string of the molecule is Cc1cc(C)c2cc(C(c3nnnn3C(C)(C)C)N3CCCc4ccccc43)c(=O)[nH]c2c1. The highest BCUT2D eigenvalue weighted by atomic mass is 16.1. The van der Waals surface area contributed by atoms with Gasteiger partial charge >= 0.3 is 0 Å². The van der Waals surface area contributed by atoms with Gasteiger partial charge in [-0.3, -0.25) is 4.79 Å². The first-order chi connectivity index (χ1) is 15.7. The zero-order valence-corrected chi connectivity index (χ0v) is 19.9. The number of hydrogen-bond acceptors (Lipinski definition) is 5. The maximum Gasteiger partial charge on any atom is 0.254 e. The van der Waals surface area contributed by atoms with Crippen LogP contribution in [0.25, 0.3) is 10.9 Å². The predicted octanol–water partition coefficient (Wildman–Crippen LogP) is 4.43. The molecule has 0 fully saturated rings. The van der Waals surface area contributed by atoms with E-state index in [4.69, 9.17) is 0 Å². The van der Waals surface area contributed by atoms with Crippen molar-refractivity contribution in [2.24, 2.45) is 0 Å². The molecular weight excluding hydrogens is 412 g/mol. The summed E-state index contributed by atoms with van der Waals surface area (Å²) in [5, 5.41) is 13.9. The second-order valence-electron chi connectivity index (χ2n) is 10.0. The lowest BCUT2D eigenvalue weighted by Crippen LogP contribution is -2.40. The van der Waals surface area contributed by atoms with Gasteiger partial charge in [0.15, 0.2) is 5.82 Å². The number of rotatable bonds is 3. The predicted molar refractivity (Wildman–Crippen MR) is 131 cm³/mol. The topological polar surface area (TPSA) is 79.7 Å². The number of anilines is 1. The second kappa shape index (κ2) is 7.83. The van der Waals surface area contributed by atoms with E-state index in [1.807, 2.05) is 23.7 Å². The zero-order valence-electron chi connectivity index (χ0n) is 19.9. The summed E-state index contributed by atoms with van der Waals surface area (Å²) >= 11 is 0. The van der Waals surface area contributed by atoms with Gasteiger partial charge in [0.1, 0.15) is 6.04 Å². The number of hydrogen-bond donors (Lipinski definition) is 1. The number of benzene rings is 2. The van der Waals surface area contributed by atoms with Crippen LogP contribution in [-0.4, -0.2) is 31.7 Å². The molecule has 1 aliphatic heterocycles. The fraction of sp³-hybridized carbons (Fsp3) is 0.385. The molecule has 1 unspecified atom stereocenters. The third-order valence-corrected chi connectivity index (χ3v) is 6.47. The molecule has 0 saturated heterocycles. The number of aryl methyl sites for hydroxylation is 3. The van der Waals surface area contributed by atoms with Crippen LogP contribution in [0.15, 0.2) is 47.3 Å². The summed E-state index contributed by atoms with van der Waals surface area (Å²) in [6.45, 7) is 11.2. The van der Waals surface area contributed by atoms with E-state index in [-0.39, 0.29) is 11.1 Å². The Kier molecular flexibility index (Phi) is 5.07. The Morgan fingerprint density at radius 2 is 1.88 bits per heavy atom. The Morgan fingerprint density at radius 1 is 1.09 bits per heavy atom. The molecule has 0 spiro atoms. The summed E-state index contributed by atoms with van der Waals surface area (Å²) < 4.78 is 1.85. The highest BCUT2D eigenvalue weighted by Gasteiger charge is 2.35. The first-order valence-corrected chi connectivity index (χ1v) is 11.5. The van der Waals surface area contributed by atoms with E-state index in [1.165, 1.54) is 5.56 Å². The smallest absolute Gasteiger partial charge is 0.254 e. The fourth-order valence-corrected chi connectivity index (χ4v) is 5.01. The molecule has 0 amide bonds. The summed E-state index contributed by atoms with van der Waals surface area (Å²) in [5.41, 5.74) is 5.76. The Labute approximate surface area is 193 Å². The molecule has 0 bridgehead atoms. The van der Waals surface area contributed by atoms with Crippen LogP contribution in [0.3, 0.4) is 0 Å². The van der Waals surface area contributed by atoms with Crippen LogP contribution >= 0.6 is 0 Å². The molecule has 7 heteroatoms. The number of aromatic nitrogens is 5. The molecule has 3 heterocycles. The Bertz CT molecular complexity index is 1390. The molecule has 1 N–H and O–H groups in total. The van der Waals surface area contributed by atoms with E-state index in [0.29, 0.717) is 11.4 Å². The van der Waals surface area contributed by atoms with E-state index in [9.17, 15) is 4.79 Å². The molecule has 2 aromatic carbocycles. The summed E-state index contributed by atoms with van der Waals surface area (Å²) in [7, 11) is 0. The minimum absolute atomic E-state index is 0.107. The third kappa shape index (κ3) is 3.71. The monoisotopic (exact) mass is 442 g/mol. The van der Waals surface area contributed by atoms with Gasteiger partial charge in [-0.25, -0.2) is 4.68 Å². The van der Waals surface area contributed by atoms with E-state index >= 15 is 0 Å². The van der Waals surface area contributed by atoms with E-state index in [0.717, 1.165) is 47.1 Å². The average molecular weight is 443 g/mol. The number of H-pyrrole nitrogens is 1. The van der Waals surface area contributed by atoms with Gasteiger partial charge in [0, 0.05) is 28.7 Å². The lowest BCUT2D eigenvalue weighted by atomic mass is 9.95. The third-order valence-electron chi connectivity index (χ3n) is 6.47. The van der Waals surface area contributed by atoms with Crippen LogP contribution in [0.4, 0.5) is 5.69 Å². The van der Waals surface area contributed by atoms with Crippen molar-refractivity contribution in [2.75, 3.05) is 11.4 Å². The van der Waals surface area contributed by atoms with Crippen molar-refractivity contribution >= 4 is 16.6 Å². The maximum absolute atomic E-state index is 13.5. The minimum Gasteiger partial charge on any atom is -0.357 e. The van der Waals surface area contributed by atoms with Gasteiger partial charge in [-0.15, -0.1) is 5.10 Å². The summed E-state index contributed by atoms with van der Waals surface area (Å²) in [6.07, 6.45) is 2.03. The molecule has 33 heavy (non-hydrogen) atoms. The molecular formula is C26H30N6O. The van der Waals surface area contributed by atoms with Crippen molar-refractivity contribution in [1.29, 1.82) is 0 Å². The van der Waals surface area contributed by atoms with Crippen molar-refractivity contribution in [1.82, 2.24) is 25.2 Å². The van der Waals surface area contributed by atoms with Gasteiger partial charge in [-0.2, -0.15) is 0 Å². The molecule has 170 valence electrons. The maximum atomic E-state index is 13.5. The van der Waals surface area contributed by atoms with Crippen molar-refractivity contribution in [3.05, 3.63) is 80.9 Å². The van der Waals surface area contributed by atoms with E-state index < -0.39 is 6.04 Å². The number of pyridine rings is 1. The molecule has 0 saturated carbocycles. The quantitative estimate of drug-likeness (QED) is 0.508. The summed E-state index contributed by atoms with van der Waals surface area (Å²) in [6, 6.07) is 14.2. The highest BCUT2D eigenvalue weighted by Crippen LogP contribution is 2.37. The Balaban J connectivity index is 1.79. The van der Waals surface area contributed by atoms with Gasteiger partial charge in [-0.1, -0.05) is 24.3 Å². The summed E-state index contributed by atoms with van der Waals surface area (Å²) in [4.78, 5) is 19.0. The van der Waals surface area contributed by atoms with Crippen molar-refractivity contribution in [3.63, 3.8) is 0 Å². The minimum atomic E-state index is -0.408. The molecule has 2 aromatic heterocycles. The van der Waals surface area contributed by atoms with Crippen molar-refractivity contribution in [2.45, 2.75) is 59.0 Å². The van der Waals surface area contributed by atoms with Gasteiger partial charge in [0.05, 0.1) is 5.54 Å². The molecule has 7 nitrogen and oxygen atoms in total. The van der Waals surface area contributed by atoms with Crippen LogP contribution in [0.5, 0.6) is 0 Å². The van der Waals surface area contributed by atoms with Crippen molar-refractivity contribution < 1.29 is 0 Å². The fourth-order valence-electron chi connectivity index (χ4n) is 5.01. The first-order valence-electron chi connectivity index (χ1n) is 11.5. The number of tetrazole rings is 1.